The van der Waals surface area contributed by atoms with E-state index in [4.69, 9.17) is 14.3 Å². The maximum atomic E-state index is 10.7. The molecule has 0 spiro atoms. The van der Waals surface area contributed by atoms with Gasteiger partial charge in [0.05, 0.1) is 6.61 Å². The molecule has 0 radical (unpaired) electrons. The standard InChI is InChI=1S/C20H20O4.C2H6/c1-2-8-16(17-9-5-3-4-6-10-17)11-7-14-23-15-18-12-13-19(24-18)20(21)22;1-2/h2-3,5-13H,1,4,14-15H2,(H,21,22);1-2H3/b11-7-,16-8+;. The van der Waals surface area contributed by atoms with Crippen molar-refractivity contribution in [3.05, 3.63) is 96.1 Å². The summed E-state index contributed by atoms with van der Waals surface area (Å²) in [4.78, 5) is 10.7. The van der Waals surface area contributed by atoms with Crippen LogP contribution in [0.5, 0.6) is 0 Å². The van der Waals surface area contributed by atoms with Gasteiger partial charge >= 0.3 is 5.97 Å². The van der Waals surface area contributed by atoms with Crippen LogP contribution in [-0.2, 0) is 11.3 Å². The van der Waals surface area contributed by atoms with Crippen LogP contribution in [0.4, 0.5) is 0 Å². The molecule has 1 aliphatic carbocycles. The summed E-state index contributed by atoms with van der Waals surface area (Å²) >= 11 is 0. The molecular formula is C22H26O4. The molecule has 0 saturated heterocycles. The molecule has 0 aliphatic heterocycles. The van der Waals surface area contributed by atoms with E-state index >= 15 is 0 Å². The van der Waals surface area contributed by atoms with Crippen LogP contribution in [0.3, 0.4) is 0 Å². The second-order valence-corrected chi connectivity index (χ2v) is 5.03. The smallest absolute Gasteiger partial charge is 0.371 e. The Kier molecular flexibility index (Phi) is 10.2. The van der Waals surface area contributed by atoms with Gasteiger partial charge in [0.15, 0.2) is 0 Å². The molecular weight excluding hydrogens is 328 g/mol. The number of rotatable bonds is 8. The van der Waals surface area contributed by atoms with E-state index in [0.29, 0.717) is 12.4 Å². The summed E-state index contributed by atoms with van der Waals surface area (Å²) in [5.74, 6) is -0.679. The third-order valence-electron chi connectivity index (χ3n) is 3.24. The van der Waals surface area contributed by atoms with Crippen molar-refractivity contribution in [3.8, 4) is 0 Å². The monoisotopic (exact) mass is 354 g/mol. The number of carbonyl (C=O) groups is 1. The van der Waals surface area contributed by atoms with Gasteiger partial charge in [-0.1, -0.05) is 75.1 Å². The lowest BCUT2D eigenvalue weighted by molar-refractivity contribution is 0.0652. The van der Waals surface area contributed by atoms with Crippen molar-refractivity contribution in [2.75, 3.05) is 6.61 Å². The van der Waals surface area contributed by atoms with Gasteiger partial charge in [0, 0.05) is 0 Å². The molecule has 0 fully saturated rings. The summed E-state index contributed by atoms with van der Waals surface area (Å²) in [6.45, 7) is 8.37. The van der Waals surface area contributed by atoms with E-state index in [2.05, 4.69) is 30.9 Å². The number of hydrogen-bond acceptors (Lipinski definition) is 3. The first-order valence-electron chi connectivity index (χ1n) is 8.63. The minimum Gasteiger partial charge on any atom is -0.475 e. The fourth-order valence-electron chi connectivity index (χ4n) is 2.12. The number of allylic oxidation sites excluding steroid dienone is 10. The van der Waals surface area contributed by atoms with Crippen LogP contribution in [0.15, 0.2) is 89.0 Å². The molecule has 1 N–H and O–H groups in total. The molecule has 1 aromatic rings. The molecule has 2 rings (SSSR count). The highest BCUT2D eigenvalue weighted by molar-refractivity contribution is 5.84. The Balaban J connectivity index is 0.00000163. The van der Waals surface area contributed by atoms with E-state index < -0.39 is 5.97 Å². The molecule has 0 atom stereocenters. The Morgan fingerprint density at radius 1 is 1.35 bits per heavy atom. The molecule has 0 amide bonds. The van der Waals surface area contributed by atoms with Gasteiger partial charge in [-0.15, -0.1) is 0 Å². The van der Waals surface area contributed by atoms with Crippen molar-refractivity contribution >= 4 is 5.97 Å². The van der Waals surface area contributed by atoms with Crippen LogP contribution in [0.2, 0.25) is 0 Å². The summed E-state index contributed by atoms with van der Waals surface area (Å²) in [6, 6.07) is 3.02. The summed E-state index contributed by atoms with van der Waals surface area (Å²) in [5, 5.41) is 8.79. The fraction of sp³-hybridized carbons (Fsp3) is 0.227. The number of carboxylic acid groups (broad SMARTS) is 1. The number of carboxylic acids is 1. The number of furan rings is 1. The lowest BCUT2D eigenvalue weighted by Gasteiger charge is -2.03. The average Bonchev–Trinajstić information content (AvgIpc) is 2.96. The Morgan fingerprint density at radius 3 is 2.85 bits per heavy atom. The minimum atomic E-state index is -1.08. The first-order valence-corrected chi connectivity index (χ1v) is 8.63. The minimum absolute atomic E-state index is 0.0829. The van der Waals surface area contributed by atoms with E-state index in [1.807, 2.05) is 38.2 Å². The molecule has 1 heterocycles. The summed E-state index contributed by atoms with van der Waals surface area (Å²) in [5.41, 5.74) is 2.15. The van der Waals surface area contributed by atoms with Crippen LogP contribution in [0.1, 0.15) is 36.6 Å². The lowest BCUT2D eigenvalue weighted by Crippen LogP contribution is -1.94. The molecule has 1 aliphatic rings. The third-order valence-corrected chi connectivity index (χ3v) is 3.24. The van der Waals surface area contributed by atoms with E-state index in [-0.39, 0.29) is 12.4 Å². The second-order valence-electron chi connectivity index (χ2n) is 5.03. The van der Waals surface area contributed by atoms with Gasteiger partial charge in [-0.25, -0.2) is 4.79 Å². The summed E-state index contributed by atoms with van der Waals surface area (Å²) in [7, 11) is 0. The molecule has 0 aromatic carbocycles. The van der Waals surface area contributed by atoms with Gasteiger partial charge in [-0.2, -0.15) is 0 Å². The number of aromatic carboxylic acids is 1. The quantitative estimate of drug-likeness (QED) is 0.485. The molecule has 4 heteroatoms. The second kappa shape index (κ2) is 12.5. The van der Waals surface area contributed by atoms with Gasteiger partial charge in [0.2, 0.25) is 5.76 Å². The highest BCUT2D eigenvalue weighted by Crippen LogP contribution is 2.16. The predicted octanol–water partition coefficient (Wildman–Crippen LogP) is 5.63. The van der Waals surface area contributed by atoms with Crippen molar-refractivity contribution in [2.45, 2.75) is 26.9 Å². The third kappa shape index (κ3) is 7.36. The topological polar surface area (TPSA) is 59.7 Å². The molecule has 0 saturated carbocycles. The molecule has 1 aromatic heterocycles. The molecule has 4 nitrogen and oxygen atoms in total. The predicted molar refractivity (Wildman–Crippen MR) is 105 cm³/mol. The number of ether oxygens (including phenoxy) is 1. The largest absolute Gasteiger partial charge is 0.475 e. The van der Waals surface area contributed by atoms with Crippen LogP contribution in [0.25, 0.3) is 0 Å². The summed E-state index contributed by atoms with van der Waals surface area (Å²) in [6.07, 6.45) is 18.9. The zero-order chi connectivity index (χ0) is 19.2. The first kappa shape index (κ1) is 21.2. The van der Waals surface area contributed by atoms with E-state index in [1.54, 1.807) is 12.1 Å². The molecule has 0 unspecified atom stereocenters. The van der Waals surface area contributed by atoms with E-state index in [9.17, 15) is 4.79 Å². The van der Waals surface area contributed by atoms with E-state index in [0.717, 1.165) is 17.6 Å². The maximum Gasteiger partial charge on any atom is 0.371 e. The zero-order valence-corrected chi connectivity index (χ0v) is 15.4. The Hall–Kier alpha value is -2.85. The van der Waals surface area contributed by atoms with Crippen LogP contribution >= 0.6 is 0 Å². The Bertz CT molecular complexity index is 727. The zero-order valence-electron chi connectivity index (χ0n) is 15.4. The first-order chi connectivity index (χ1) is 12.7. The maximum absolute atomic E-state index is 10.7. The molecule has 0 bridgehead atoms. The highest BCUT2D eigenvalue weighted by Gasteiger charge is 2.08. The van der Waals surface area contributed by atoms with Crippen LogP contribution in [-0.4, -0.2) is 17.7 Å². The van der Waals surface area contributed by atoms with Crippen molar-refractivity contribution in [2.24, 2.45) is 0 Å². The van der Waals surface area contributed by atoms with Crippen LogP contribution < -0.4 is 0 Å². The van der Waals surface area contributed by atoms with Crippen molar-refractivity contribution < 1.29 is 19.1 Å². The Morgan fingerprint density at radius 2 is 2.15 bits per heavy atom. The van der Waals surface area contributed by atoms with Crippen LogP contribution in [0, 0.1) is 0 Å². The van der Waals surface area contributed by atoms with Gasteiger partial charge in [0.25, 0.3) is 0 Å². The van der Waals surface area contributed by atoms with Crippen molar-refractivity contribution in [1.82, 2.24) is 0 Å². The lowest BCUT2D eigenvalue weighted by atomic mass is 10.0. The van der Waals surface area contributed by atoms with E-state index in [1.165, 1.54) is 6.07 Å². The number of hydrogen-bond donors (Lipinski definition) is 1. The van der Waals surface area contributed by atoms with Gasteiger partial charge in [0.1, 0.15) is 12.4 Å². The normalized spacial score (nSPS) is 13.8. The van der Waals surface area contributed by atoms with Gasteiger partial charge < -0.3 is 14.3 Å². The van der Waals surface area contributed by atoms with Crippen molar-refractivity contribution in [1.29, 1.82) is 0 Å². The highest BCUT2D eigenvalue weighted by atomic mass is 16.5. The fourth-order valence-corrected chi connectivity index (χ4v) is 2.12. The van der Waals surface area contributed by atoms with Gasteiger partial charge in [-0.05, 0) is 29.7 Å². The Labute approximate surface area is 155 Å². The van der Waals surface area contributed by atoms with Crippen molar-refractivity contribution in [3.63, 3.8) is 0 Å². The SMILES string of the molecule is C=C/C=C(\C=C/COCc1ccc(C(=O)O)o1)C1=CC=CCC=C1.CC. The summed E-state index contributed by atoms with van der Waals surface area (Å²) < 4.78 is 10.6. The van der Waals surface area contributed by atoms with Gasteiger partial charge in [-0.3, -0.25) is 0 Å². The molecule has 26 heavy (non-hydrogen) atoms. The average molecular weight is 354 g/mol. The molecule has 138 valence electrons.